The van der Waals surface area contributed by atoms with Crippen LogP contribution in [0.4, 0.5) is 4.39 Å². The van der Waals surface area contributed by atoms with E-state index < -0.39 is 15.8 Å². The third kappa shape index (κ3) is 3.05. The van der Waals surface area contributed by atoms with E-state index in [-0.39, 0.29) is 34.4 Å². The molecular weight excluding hydrogens is 338 g/mol. The number of fused-ring (bicyclic) bond motifs is 2. The first-order valence-electron chi connectivity index (χ1n) is 6.69. The molecule has 2 aliphatic heterocycles. The number of nitrogens with zero attached hydrogens (tertiary/aromatic N) is 1. The summed E-state index contributed by atoms with van der Waals surface area (Å²) in [5.74, 6) is -0.590. The van der Waals surface area contributed by atoms with E-state index in [0.29, 0.717) is 6.54 Å². The minimum atomic E-state index is -3.75. The van der Waals surface area contributed by atoms with E-state index in [1.54, 1.807) is 0 Å². The zero-order valence-corrected chi connectivity index (χ0v) is 13.6. The van der Waals surface area contributed by atoms with E-state index in [9.17, 15) is 12.8 Å². The molecule has 1 aromatic rings. The van der Waals surface area contributed by atoms with Gasteiger partial charge in [0.15, 0.2) is 0 Å². The van der Waals surface area contributed by atoms with Crippen LogP contribution < -0.4 is 5.32 Å². The van der Waals surface area contributed by atoms with Crippen LogP contribution in [-0.4, -0.2) is 37.9 Å². The minimum Gasteiger partial charge on any atom is -0.315 e. The fourth-order valence-corrected chi connectivity index (χ4v) is 5.51. The lowest BCUT2D eigenvalue weighted by atomic mass is 10.1. The van der Waals surface area contributed by atoms with Gasteiger partial charge in [-0.05, 0) is 44.0 Å². The number of sulfonamides is 1. The smallest absolute Gasteiger partial charge is 0.245 e. The van der Waals surface area contributed by atoms with Crippen molar-refractivity contribution in [3.63, 3.8) is 0 Å². The normalized spacial score (nSPS) is 26.2. The van der Waals surface area contributed by atoms with Crippen molar-refractivity contribution in [2.45, 2.75) is 36.2 Å². The highest BCUT2D eigenvalue weighted by molar-refractivity contribution is 7.89. The van der Waals surface area contributed by atoms with E-state index in [2.05, 4.69) is 5.32 Å². The standard InChI is InChI=1S/C13H16ClFN2O2S.ClH/c14-12-4-1-9(15)7-13(12)20(18,19)17-10-2-3-11(17)8-16-6-5-10;/h1,4,7,10-11,16H,2-3,5-6,8H2;1H. The van der Waals surface area contributed by atoms with Gasteiger partial charge in [-0.1, -0.05) is 11.6 Å². The Morgan fingerprint density at radius 2 is 1.95 bits per heavy atom. The SMILES string of the molecule is Cl.O=S(=O)(c1cc(F)ccc1Cl)N1C2CCNCC1CC2. The third-order valence-electron chi connectivity index (χ3n) is 4.04. The van der Waals surface area contributed by atoms with Crippen LogP contribution in [0.3, 0.4) is 0 Å². The van der Waals surface area contributed by atoms with Gasteiger partial charge in [-0.15, -0.1) is 12.4 Å². The summed E-state index contributed by atoms with van der Waals surface area (Å²) in [7, 11) is -3.75. The largest absolute Gasteiger partial charge is 0.315 e. The average Bonchev–Trinajstić information content (AvgIpc) is 2.66. The van der Waals surface area contributed by atoms with E-state index in [1.807, 2.05) is 0 Å². The molecule has 8 heteroatoms. The highest BCUT2D eigenvalue weighted by atomic mass is 35.5. The maximum Gasteiger partial charge on any atom is 0.245 e. The predicted octanol–water partition coefficient (Wildman–Crippen LogP) is 2.42. The van der Waals surface area contributed by atoms with Crippen LogP contribution in [0.2, 0.25) is 5.02 Å². The Kier molecular flexibility index (Phi) is 5.15. The summed E-state index contributed by atoms with van der Waals surface area (Å²) < 4.78 is 40.6. The first-order chi connectivity index (χ1) is 9.50. The molecule has 2 unspecified atom stereocenters. The second kappa shape index (κ2) is 6.38. The lowest BCUT2D eigenvalue weighted by Gasteiger charge is -2.27. The van der Waals surface area contributed by atoms with Gasteiger partial charge >= 0.3 is 0 Å². The van der Waals surface area contributed by atoms with Crippen molar-refractivity contribution in [3.05, 3.63) is 29.0 Å². The zero-order chi connectivity index (χ0) is 14.3. The molecule has 1 aromatic carbocycles. The topological polar surface area (TPSA) is 49.4 Å². The second-order valence-corrected chi connectivity index (χ2v) is 7.51. The molecule has 4 nitrogen and oxygen atoms in total. The van der Waals surface area contributed by atoms with Crippen LogP contribution in [-0.2, 0) is 10.0 Å². The zero-order valence-electron chi connectivity index (χ0n) is 11.3. The summed E-state index contributed by atoms with van der Waals surface area (Å²) in [6, 6.07) is 3.39. The molecule has 118 valence electrons. The van der Waals surface area contributed by atoms with Crippen LogP contribution in [0, 0.1) is 5.82 Å². The number of rotatable bonds is 2. The Labute approximate surface area is 135 Å². The number of nitrogens with one attached hydrogen (secondary N) is 1. The van der Waals surface area contributed by atoms with Crippen molar-refractivity contribution in [2.24, 2.45) is 0 Å². The van der Waals surface area contributed by atoms with Crippen molar-refractivity contribution in [1.82, 2.24) is 9.62 Å². The van der Waals surface area contributed by atoms with Gasteiger partial charge in [-0.25, -0.2) is 12.8 Å². The molecule has 0 aliphatic carbocycles. The number of benzene rings is 1. The van der Waals surface area contributed by atoms with Crippen LogP contribution in [0.15, 0.2) is 23.1 Å². The van der Waals surface area contributed by atoms with E-state index >= 15 is 0 Å². The number of hydrogen-bond acceptors (Lipinski definition) is 3. The van der Waals surface area contributed by atoms with Crippen molar-refractivity contribution in [1.29, 1.82) is 0 Å². The highest BCUT2D eigenvalue weighted by Crippen LogP contribution is 2.35. The summed E-state index contributed by atoms with van der Waals surface area (Å²) in [5, 5.41) is 3.32. The van der Waals surface area contributed by atoms with E-state index in [1.165, 1.54) is 16.4 Å². The van der Waals surface area contributed by atoms with Gasteiger partial charge in [-0.3, -0.25) is 0 Å². The first-order valence-corrected chi connectivity index (χ1v) is 8.51. The summed E-state index contributed by atoms with van der Waals surface area (Å²) >= 11 is 5.97. The molecule has 0 radical (unpaired) electrons. The Morgan fingerprint density at radius 3 is 2.71 bits per heavy atom. The lowest BCUT2D eigenvalue weighted by molar-refractivity contribution is 0.334. The third-order valence-corrected chi connectivity index (χ3v) is 6.52. The maximum absolute atomic E-state index is 13.4. The molecule has 21 heavy (non-hydrogen) atoms. The average molecular weight is 355 g/mol. The Hall–Kier alpha value is -0.400. The number of hydrogen-bond donors (Lipinski definition) is 1. The van der Waals surface area contributed by atoms with Gasteiger partial charge in [0, 0.05) is 18.6 Å². The van der Waals surface area contributed by atoms with Crippen LogP contribution in [0.25, 0.3) is 0 Å². The highest BCUT2D eigenvalue weighted by Gasteiger charge is 2.43. The van der Waals surface area contributed by atoms with E-state index in [0.717, 1.165) is 31.9 Å². The van der Waals surface area contributed by atoms with Crippen molar-refractivity contribution >= 4 is 34.0 Å². The first kappa shape index (κ1) is 17.0. The summed E-state index contributed by atoms with van der Waals surface area (Å²) in [6.07, 6.45) is 2.48. The Bertz CT molecular complexity index is 613. The molecule has 0 aromatic heterocycles. The van der Waals surface area contributed by atoms with Crippen LogP contribution in [0.1, 0.15) is 19.3 Å². The summed E-state index contributed by atoms with van der Waals surface area (Å²) in [5.41, 5.74) is 0. The molecule has 2 saturated heterocycles. The molecule has 2 aliphatic rings. The molecule has 0 amide bonds. The predicted molar refractivity (Wildman–Crippen MR) is 82.0 cm³/mol. The van der Waals surface area contributed by atoms with Crippen LogP contribution in [0.5, 0.6) is 0 Å². The molecule has 2 bridgehead atoms. The van der Waals surface area contributed by atoms with Crippen LogP contribution >= 0.6 is 24.0 Å². The second-order valence-electron chi connectivity index (χ2n) is 5.29. The van der Waals surface area contributed by atoms with Gasteiger partial charge in [0.05, 0.1) is 5.02 Å². The van der Waals surface area contributed by atoms with Gasteiger partial charge in [-0.2, -0.15) is 4.31 Å². The maximum atomic E-state index is 13.4. The van der Waals surface area contributed by atoms with Crippen molar-refractivity contribution in [2.75, 3.05) is 13.1 Å². The van der Waals surface area contributed by atoms with Gasteiger partial charge in [0.1, 0.15) is 10.7 Å². The van der Waals surface area contributed by atoms with E-state index in [4.69, 9.17) is 11.6 Å². The number of halogens is 3. The quantitative estimate of drug-likeness (QED) is 0.887. The summed E-state index contributed by atoms with van der Waals surface area (Å²) in [4.78, 5) is -0.127. The Balaban J connectivity index is 0.00000161. The summed E-state index contributed by atoms with van der Waals surface area (Å²) in [6.45, 7) is 1.45. The minimum absolute atomic E-state index is 0. The molecule has 2 fully saturated rings. The molecule has 0 saturated carbocycles. The monoisotopic (exact) mass is 354 g/mol. The fourth-order valence-electron chi connectivity index (χ4n) is 3.12. The lowest BCUT2D eigenvalue weighted by Crippen LogP contribution is -2.42. The molecule has 2 heterocycles. The molecule has 3 rings (SSSR count). The van der Waals surface area contributed by atoms with Crippen molar-refractivity contribution < 1.29 is 12.8 Å². The van der Waals surface area contributed by atoms with Gasteiger partial charge in [0.25, 0.3) is 0 Å². The molecule has 2 atom stereocenters. The molecule has 1 N–H and O–H groups in total. The molecule has 0 spiro atoms. The van der Waals surface area contributed by atoms with Gasteiger partial charge < -0.3 is 5.32 Å². The van der Waals surface area contributed by atoms with Gasteiger partial charge in [0.2, 0.25) is 10.0 Å². The molecular formula is C13H17Cl2FN2O2S. The Morgan fingerprint density at radius 1 is 1.24 bits per heavy atom. The fraction of sp³-hybridized carbons (Fsp3) is 0.538. The van der Waals surface area contributed by atoms with Crippen molar-refractivity contribution in [3.8, 4) is 0 Å².